The molecule has 0 saturated heterocycles. The Morgan fingerprint density at radius 2 is 2.12 bits per heavy atom. The fourth-order valence-corrected chi connectivity index (χ4v) is 3.16. The summed E-state index contributed by atoms with van der Waals surface area (Å²) in [4.78, 5) is 11.0. The standard InChI is InChI=1S/C12H19BrN4/c1-3-17(9-6-4-5-7-9)12-10(13)11(14-2)15-8-16-12/h8-9H,3-7H2,1-2H3,(H,14,15,16). The van der Waals surface area contributed by atoms with E-state index in [1.165, 1.54) is 25.7 Å². The molecule has 0 radical (unpaired) electrons. The van der Waals surface area contributed by atoms with E-state index in [0.717, 1.165) is 22.7 Å². The van der Waals surface area contributed by atoms with Crippen LogP contribution in [0.25, 0.3) is 0 Å². The molecule has 4 nitrogen and oxygen atoms in total. The number of hydrogen-bond acceptors (Lipinski definition) is 4. The second kappa shape index (κ2) is 5.67. The molecule has 1 aromatic heterocycles. The van der Waals surface area contributed by atoms with Crippen LogP contribution < -0.4 is 10.2 Å². The molecule has 1 aliphatic rings. The lowest BCUT2D eigenvalue weighted by Crippen LogP contribution is -2.34. The zero-order chi connectivity index (χ0) is 12.3. The Labute approximate surface area is 111 Å². The molecule has 0 unspecified atom stereocenters. The SMILES string of the molecule is CCN(c1ncnc(NC)c1Br)C1CCCC1. The van der Waals surface area contributed by atoms with E-state index in [-0.39, 0.29) is 0 Å². The predicted octanol–water partition coefficient (Wildman–Crippen LogP) is 3.05. The van der Waals surface area contributed by atoms with Gasteiger partial charge in [-0.1, -0.05) is 12.8 Å². The van der Waals surface area contributed by atoms with Crippen molar-refractivity contribution in [2.24, 2.45) is 0 Å². The van der Waals surface area contributed by atoms with Gasteiger partial charge in [0, 0.05) is 19.6 Å². The third-order valence-electron chi connectivity index (χ3n) is 3.39. The average Bonchev–Trinajstić information content (AvgIpc) is 2.86. The lowest BCUT2D eigenvalue weighted by atomic mass is 10.2. The molecule has 2 rings (SSSR count). The molecule has 0 atom stereocenters. The zero-order valence-electron chi connectivity index (χ0n) is 10.4. The molecule has 0 aromatic carbocycles. The number of nitrogens with zero attached hydrogens (tertiary/aromatic N) is 3. The molecule has 17 heavy (non-hydrogen) atoms. The second-order valence-electron chi connectivity index (χ2n) is 4.33. The number of aromatic nitrogens is 2. The maximum Gasteiger partial charge on any atom is 0.148 e. The highest BCUT2D eigenvalue weighted by Gasteiger charge is 2.24. The normalized spacial score (nSPS) is 16.2. The predicted molar refractivity (Wildman–Crippen MR) is 74.6 cm³/mol. The molecule has 1 saturated carbocycles. The summed E-state index contributed by atoms with van der Waals surface area (Å²) >= 11 is 3.60. The fraction of sp³-hybridized carbons (Fsp3) is 0.667. The van der Waals surface area contributed by atoms with Crippen molar-refractivity contribution in [2.75, 3.05) is 23.8 Å². The van der Waals surface area contributed by atoms with E-state index >= 15 is 0 Å². The van der Waals surface area contributed by atoms with Gasteiger partial charge in [-0.25, -0.2) is 9.97 Å². The molecular weight excluding hydrogens is 280 g/mol. The van der Waals surface area contributed by atoms with Crippen molar-refractivity contribution in [1.82, 2.24) is 9.97 Å². The van der Waals surface area contributed by atoms with E-state index in [4.69, 9.17) is 0 Å². The van der Waals surface area contributed by atoms with Crippen LogP contribution in [0.4, 0.5) is 11.6 Å². The Balaban J connectivity index is 2.29. The van der Waals surface area contributed by atoms with Crippen LogP contribution in [0.5, 0.6) is 0 Å². The minimum absolute atomic E-state index is 0.635. The molecular formula is C12H19BrN4. The van der Waals surface area contributed by atoms with Crippen LogP contribution in [0, 0.1) is 0 Å². The van der Waals surface area contributed by atoms with Gasteiger partial charge in [0.15, 0.2) is 0 Å². The van der Waals surface area contributed by atoms with E-state index in [0.29, 0.717) is 6.04 Å². The van der Waals surface area contributed by atoms with E-state index in [1.54, 1.807) is 6.33 Å². The van der Waals surface area contributed by atoms with E-state index in [9.17, 15) is 0 Å². The number of nitrogens with one attached hydrogen (secondary N) is 1. The molecule has 1 N–H and O–H groups in total. The van der Waals surface area contributed by atoms with Crippen LogP contribution in [0.2, 0.25) is 0 Å². The van der Waals surface area contributed by atoms with Crippen LogP contribution >= 0.6 is 15.9 Å². The van der Waals surface area contributed by atoms with Crippen LogP contribution in [-0.2, 0) is 0 Å². The van der Waals surface area contributed by atoms with Gasteiger partial charge < -0.3 is 10.2 Å². The van der Waals surface area contributed by atoms with Crippen LogP contribution in [0.3, 0.4) is 0 Å². The molecule has 1 heterocycles. The van der Waals surface area contributed by atoms with Crippen molar-refractivity contribution in [3.63, 3.8) is 0 Å². The summed E-state index contributed by atoms with van der Waals surface area (Å²) in [6.07, 6.45) is 6.85. The van der Waals surface area contributed by atoms with Gasteiger partial charge in [0.1, 0.15) is 22.4 Å². The van der Waals surface area contributed by atoms with Crippen molar-refractivity contribution in [1.29, 1.82) is 0 Å². The summed E-state index contributed by atoms with van der Waals surface area (Å²) in [6, 6.07) is 0.635. The monoisotopic (exact) mass is 298 g/mol. The van der Waals surface area contributed by atoms with Crippen molar-refractivity contribution in [3.8, 4) is 0 Å². The van der Waals surface area contributed by atoms with Gasteiger partial charge >= 0.3 is 0 Å². The minimum atomic E-state index is 0.635. The maximum absolute atomic E-state index is 4.43. The fourth-order valence-electron chi connectivity index (χ4n) is 2.53. The first-order valence-corrected chi connectivity index (χ1v) is 7.02. The third-order valence-corrected chi connectivity index (χ3v) is 4.12. The summed E-state index contributed by atoms with van der Waals surface area (Å²) in [7, 11) is 1.88. The van der Waals surface area contributed by atoms with Crippen molar-refractivity contribution < 1.29 is 0 Å². The number of anilines is 2. The highest BCUT2D eigenvalue weighted by Crippen LogP contribution is 2.33. The largest absolute Gasteiger partial charge is 0.372 e. The van der Waals surface area contributed by atoms with Crippen LogP contribution in [0.1, 0.15) is 32.6 Å². The third kappa shape index (κ3) is 2.54. The Morgan fingerprint density at radius 1 is 1.41 bits per heavy atom. The molecule has 0 aliphatic heterocycles. The molecule has 5 heteroatoms. The number of hydrogen-bond donors (Lipinski definition) is 1. The maximum atomic E-state index is 4.43. The first-order chi connectivity index (χ1) is 8.27. The van der Waals surface area contributed by atoms with Crippen LogP contribution in [-0.4, -0.2) is 29.6 Å². The van der Waals surface area contributed by atoms with Gasteiger partial charge in [-0.3, -0.25) is 0 Å². The quantitative estimate of drug-likeness (QED) is 0.928. The molecule has 94 valence electrons. The van der Waals surface area contributed by atoms with Gasteiger partial charge in [-0.15, -0.1) is 0 Å². The van der Waals surface area contributed by atoms with Gasteiger partial charge in [0.05, 0.1) is 0 Å². The topological polar surface area (TPSA) is 41.1 Å². The van der Waals surface area contributed by atoms with Gasteiger partial charge in [-0.05, 0) is 35.7 Å². The van der Waals surface area contributed by atoms with Crippen molar-refractivity contribution in [3.05, 3.63) is 10.8 Å². The molecule has 1 aromatic rings. The summed E-state index contributed by atoms with van der Waals surface area (Å²) < 4.78 is 0.969. The molecule has 0 spiro atoms. The zero-order valence-corrected chi connectivity index (χ0v) is 12.0. The number of rotatable bonds is 4. The molecule has 1 aliphatic carbocycles. The summed E-state index contributed by atoms with van der Waals surface area (Å²) in [5.41, 5.74) is 0. The lowest BCUT2D eigenvalue weighted by Gasteiger charge is -2.29. The van der Waals surface area contributed by atoms with E-state index in [1.807, 2.05) is 7.05 Å². The Morgan fingerprint density at radius 3 is 2.71 bits per heavy atom. The summed E-state index contributed by atoms with van der Waals surface area (Å²) in [5, 5.41) is 3.08. The Hall–Kier alpha value is -0.840. The van der Waals surface area contributed by atoms with Crippen LogP contribution in [0.15, 0.2) is 10.8 Å². The van der Waals surface area contributed by atoms with Crippen molar-refractivity contribution in [2.45, 2.75) is 38.6 Å². The van der Waals surface area contributed by atoms with E-state index < -0.39 is 0 Å². The molecule has 0 bridgehead atoms. The van der Waals surface area contributed by atoms with E-state index in [2.05, 4.69) is 43.0 Å². The molecule has 0 amide bonds. The Bertz CT molecular complexity index is 377. The van der Waals surface area contributed by atoms with Gasteiger partial charge in [0.25, 0.3) is 0 Å². The summed E-state index contributed by atoms with van der Waals surface area (Å²) in [5.74, 6) is 1.87. The first kappa shape index (κ1) is 12.6. The minimum Gasteiger partial charge on any atom is -0.372 e. The molecule has 1 fully saturated rings. The highest BCUT2D eigenvalue weighted by molar-refractivity contribution is 9.10. The summed E-state index contributed by atoms with van der Waals surface area (Å²) in [6.45, 7) is 3.18. The number of halogens is 1. The van der Waals surface area contributed by atoms with Gasteiger partial charge in [0.2, 0.25) is 0 Å². The lowest BCUT2D eigenvalue weighted by molar-refractivity contribution is 0.611. The smallest absolute Gasteiger partial charge is 0.148 e. The highest BCUT2D eigenvalue weighted by atomic mass is 79.9. The van der Waals surface area contributed by atoms with Crippen molar-refractivity contribution >= 4 is 27.6 Å². The average molecular weight is 299 g/mol. The Kier molecular flexibility index (Phi) is 4.20. The first-order valence-electron chi connectivity index (χ1n) is 6.22. The van der Waals surface area contributed by atoms with Gasteiger partial charge in [-0.2, -0.15) is 0 Å². The second-order valence-corrected chi connectivity index (χ2v) is 5.13.